The lowest BCUT2D eigenvalue weighted by atomic mass is 9.88. The highest BCUT2D eigenvalue weighted by Gasteiger charge is 2.33. The first-order valence-electron chi connectivity index (χ1n) is 5.42. The van der Waals surface area contributed by atoms with E-state index in [1.165, 1.54) is 0 Å². The highest BCUT2D eigenvalue weighted by molar-refractivity contribution is 5.07. The summed E-state index contributed by atoms with van der Waals surface area (Å²) in [6.45, 7) is 7.12. The summed E-state index contributed by atoms with van der Waals surface area (Å²) in [6, 6.07) is 6.33. The Balaban J connectivity index is 1.85. The number of aromatic nitrogens is 1. The van der Waals surface area contributed by atoms with Crippen molar-refractivity contribution in [2.45, 2.75) is 19.9 Å². The second kappa shape index (κ2) is 4.29. The lowest BCUT2D eigenvalue weighted by Crippen LogP contribution is -2.47. The van der Waals surface area contributed by atoms with Crippen LogP contribution in [0.1, 0.15) is 25.6 Å². The molecular weight excluding hydrogens is 188 g/mol. The molecule has 1 N–H and O–H groups in total. The number of nitrogens with zero attached hydrogens (tertiary/aromatic N) is 1. The van der Waals surface area contributed by atoms with E-state index < -0.39 is 0 Å². The Morgan fingerprint density at radius 2 is 2.33 bits per heavy atom. The Kier molecular flexibility index (Phi) is 3.03. The van der Waals surface area contributed by atoms with Crippen LogP contribution in [0.4, 0.5) is 0 Å². The zero-order valence-corrected chi connectivity index (χ0v) is 9.36. The summed E-state index contributed by atoms with van der Waals surface area (Å²) < 4.78 is 5.22. The molecule has 1 atom stereocenters. The summed E-state index contributed by atoms with van der Waals surface area (Å²) in [6.07, 6.45) is 1.84. The molecule has 0 aliphatic carbocycles. The van der Waals surface area contributed by atoms with Crippen LogP contribution >= 0.6 is 0 Å². The minimum atomic E-state index is 0.309. The Morgan fingerprint density at radius 1 is 1.53 bits per heavy atom. The summed E-state index contributed by atoms with van der Waals surface area (Å²) in [4.78, 5) is 4.33. The minimum Gasteiger partial charge on any atom is -0.380 e. The molecule has 1 fully saturated rings. The molecule has 0 saturated carbocycles. The van der Waals surface area contributed by atoms with Crippen LogP contribution in [0.3, 0.4) is 0 Å². The predicted molar refractivity (Wildman–Crippen MR) is 59.6 cm³/mol. The molecule has 0 bridgehead atoms. The van der Waals surface area contributed by atoms with Gasteiger partial charge in [0.2, 0.25) is 0 Å². The third-order valence-electron chi connectivity index (χ3n) is 2.87. The molecule has 2 heterocycles. The maximum Gasteiger partial charge on any atom is 0.0570 e. The van der Waals surface area contributed by atoms with Gasteiger partial charge in [-0.2, -0.15) is 0 Å². The van der Waals surface area contributed by atoms with Crippen molar-refractivity contribution in [1.29, 1.82) is 0 Å². The predicted octanol–water partition coefficient (Wildman–Crippen LogP) is 1.77. The van der Waals surface area contributed by atoms with Crippen LogP contribution < -0.4 is 5.32 Å². The van der Waals surface area contributed by atoms with Crippen LogP contribution in [0.15, 0.2) is 24.4 Å². The Bertz CT molecular complexity index is 309. The molecule has 0 aromatic carbocycles. The highest BCUT2D eigenvalue weighted by Crippen LogP contribution is 2.26. The average molecular weight is 206 g/mol. The zero-order valence-electron chi connectivity index (χ0n) is 9.36. The van der Waals surface area contributed by atoms with Crippen molar-refractivity contribution < 1.29 is 4.74 Å². The fraction of sp³-hybridized carbons (Fsp3) is 0.583. The molecule has 1 aromatic heterocycles. The van der Waals surface area contributed by atoms with Gasteiger partial charge in [0.1, 0.15) is 0 Å². The van der Waals surface area contributed by atoms with E-state index in [-0.39, 0.29) is 0 Å². The standard InChI is InChI=1S/C12H18N2O/c1-10(11-5-3-4-6-13-11)14-7-12(2)8-15-9-12/h3-6,10,14H,7-9H2,1-2H3/t10-/m1/s1. The lowest BCUT2D eigenvalue weighted by Gasteiger charge is -2.38. The second-order valence-corrected chi connectivity index (χ2v) is 4.66. The molecule has 0 radical (unpaired) electrons. The average Bonchev–Trinajstić information content (AvgIpc) is 2.24. The van der Waals surface area contributed by atoms with Crippen molar-refractivity contribution in [3.63, 3.8) is 0 Å². The van der Waals surface area contributed by atoms with Crippen LogP contribution in [-0.4, -0.2) is 24.7 Å². The first-order chi connectivity index (χ1) is 7.20. The Morgan fingerprint density at radius 3 is 2.87 bits per heavy atom. The van der Waals surface area contributed by atoms with Crippen molar-refractivity contribution in [2.75, 3.05) is 19.8 Å². The molecule has 3 nitrogen and oxygen atoms in total. The first kappa shape index (κ1) is 10.6. The smallest absolute Gasteiger partial charge is 0.0570 e. The van der Waals surface area contributed by atoms with E-state index in [4.69, 9.17) is 4.74 Å². The normalized spacial score (nSPS) is 20.7. The molecule has 82 valence electrons. The van der Waals surface area contributed by atoms with Crippen molar-refractivity contribution in [2.24, 2.45) is 5.41 Å². The molecular formula is C12H18N2O. The number of hydrogen-bond donors (Lipinski definition) is 1. The highest BCUT2D eigenvalue weighted by atomic mass is 16.5. The molecule has 0 spiro atoms. The van der Waals surface area contributed by atoms with Crippen LogP contribution in [0.5, 0.6) is 0 Å². The third-order valence-corrected chi connectivity index (χ3v) is 2.87. The summed E-state index contributed by atoms with van der Waals surface area (Å²) in [5, 5.41) is 3.50. The largest absolute Gasteiger partial charge is 0.380 e. The van der Waals surface area contributed by atoms with Crippen LogP contribution in [0.25, 0.3) is 0 Å². The molecule has 1 aliphatic heterocycles. The molecule has 3 heteroatoms. The minimum absolute atomic E-state index is 0.309. The lowest BCUT2D eigenvalue weighted by molar-refractivity contribution is -0.0999. The SMILES string of the molecule is C[C@@H](NCC1(C)COC1)c1ccccn1. The number of ether oxygens (including phenoxy) is 1. The second-order valence-electron chi connectivity index (χ2n) is 4.66. The zero-order chi connectivity index (χ0) is 10.7. The molecule has 1 aliphatic rings. The van der Waals surface area contributed by atoms with Crippen molar-refractivity contribution in [3.05, 3.63) is 30.1 Å². The van der Waals surface area contributed by atoms with Gasteiger partial charge < -0.3 is 10.1 Å². The number of hydrogen-bond acceptors (Lipinski definition) is 3. The Labute approximate surface area is 90.9 Å². The summed E-state index contributed by atoms with van der Waals surface area (Å²) in [7, 11) is 0. The van der Waals surface area contributed by atoms with Crippen LogP contribution in [0, 0.1) is 5.41 Å². The van der Waals surface area contributed by atoms with Crippen molar-refractivity contribution in [1.82, 2.24) is 10.3 Å². The van der Waals surface area contributed by atoms with E-state index in [2.05, 4.69) is 30.2 Å². The van der Waals surface area contributed by atoms with Gasteiger partial charge >= 0.3 is 0 Å². The third kappa shape index (κ3) is 2.55. The van der Waals surface area contributed by atoms with Gasteiger partial charge in [0, 0.05) is 24.2 Å². The maximum absolute atomic E-state index is 5.22. The van der Waals surface area contributed by atoms with Crippen LogP contribution in [0.2, 0.25) is 0 Å². The van der Waals surface area contributed by atoms with Crippen molar-refractivity contribution >= 4 is 0 Å². The van der Waals surface area contributed by atoms with Gasteiger partial charge in [-0.15, -0.1) is 0 Å². The monoisotopic (exact) mass is 206 g/mol. The van der Waals surface area contributed by atoms with Gasteiger partial charge in [0.25, 0.3) is 0 Å². The van der Waals surface area contributed by atoms with Crippen LogP contribution in [-0.2, 0) is 4.74 Å². The van der Waals surface area contributed by atoms with Gasteiger partial charge in [-0.3, -0.25) is 4.98 Å². The number of rotatable bonds is 4. The maximum atomic E-state index is 5.22. The number of pyridine rings is 1. The van der Waals surface area contributed by atoms with E-state index in [1.54, 1.807) is 0 Å². The quantitative estimate of drug-likeness (QED) is 0.815. The fourth-order valence-electron chi connectivity index (χ4n) is 1.69. The fourth-order valence-corrected chi connectivity index (χ4v) is 1.69. The van der Waals surface area contributed by atoms with E-state index >= 15 is 0 Å². The van der Waals surface area contributed by atoms with Gasteiger partial charge in [-0.05, 0) is 19.1 Å². The van der Waals surface area contributed by atoms with Crippen molar-refractivity contribution in [3.8, 4) is 0 Å². The van der Waals surface area contributed by atoms with E-state index in [1.807, 2.05) is 18.3 Å². The Hall–Kier alpha value is -0.930. The summed E-state index contributed by atoms with van der Waals surface area (Å²) >= 11 is 0. The van der Waals surface area contributed by atoms with E-state index in [9.17, 15) is 0 Å². The van der Waals surface area contributed by atoms with E-state index in [0.717, 1.165) is 25.5 Å². The van der Waals surface area contributed by atoms with Gasteiger partial charge in [0.15, 0.2) is 0 Å². The molecule has 1 aromatic rings. The van der Waals surface area contributed by atoms with Gasteiger partial charge in [-0.25, -0.2) is 0 Å². The summed E-state index contributed by atoms with van der Waals surface area (Å²) in [5.41, 5.74) is 1.42. The molecule has 1 saturated heterocycles. The first-order valence-corrected chi connectivity index (χ1v) is 5.42. The molecule has 2 rings (SSSR count). The van der Waals surface area contributed by atoms with Gasteiger partial charge in [-0.1, -0.05) is 13.0 Å². The molecule has 0 unspecified atom stereocenters. The number of nitrogens with one attached hydrogen (secondary N) is 1. The summed E-state index contributed by atoms with van der Waals surface area (Å²) in [5.74, 6) is 0. The molecule has 15 heavy (non-hydrogen) atoms. The topological polar surface area (TPSA) is 34.1 Å². The van der Waals surface area contributed by atoms with E-state index in [0.29, 0.717) is 11.5 Å². The molecule has 0 amide bonds. The van der Waals surface area contributed by atoms with Gasteiger partial charge in [0.05, 0.1) is 18.9 Å².